The lowest BCUT2D eigenvalue weighted by atomic mass is 10.1. The Balaban J connectivity index is 0.00000300. The van der Waals surface area contributed by atoms with Crippen molar-refractivity contribution in [3.8, 4) is 0 Å². The topological polar surface area (TPSA) is 76.8 Å². The van der Waals surface area contributed by atoms with Crippen LogP contribution < -0.4 is 5.32 Å². The first-order chi connectivity index (χ1) is 13.8. The van der Waals surface area contributed by atoms with Crippen molar-refractivity contribution in [3.63, 3.8) is 0 Å². The fourth-order valence-electron chi connectivity index (χ4n) is 4.06. The minimum atomic E-state index is 0. The number of hydrogen-bond donors (Lipinski definition) is 1. The number of guanidine groups is 1. The summed E-state index contributed by atoms with van der Waals surface area (Å²) >= 11 is 0. The van der Waals surface area contributed by atoms with Gasteiger partial charge >= 0.3 is 0 Å². The number of fused-ring (bicyclic) bond motifs is 1. The van der Waals surface area contributed by atoms with Crippen LogP contribution in [0.1, 0.15) is 43.8 Å². The first kappa shape index (κ1) is 24.3. The van der Waals surface area contributed by atoms with E-state index in [0.717, 1.165) is 70.3 Å². The van der Waals surface area contributed by atoms with Crippen LogP contribution in [0.15, 0.2) is 4.99 Å². The summed E-state index contributed by atoms with van der Waals surface area (Å²) < 4.78 is 13.1. The maximum Gasteiger partial charge on any atom is 0.193 e. The van der Waals surface area contributed by atoms with E-state index in [9.17, 15) is 0 Å². The lowest BCUT2D eigenvalue weighted by Crippen LogP contribution is -2.40. The molecule has 0 spiro atoms. The lowest BCUT2D eigenvalue weighted by molar-refractivity contribution is 0.0536. The Morgan fingerprint density at radius 3 is 2.93 bits per heavy atom. The van der Waals surface area contributed by atoms with Crippen LogP contribution in [-0.4, -0.2) is 79.2 Å². The first-order valence-corrected chi connectivity index (χ1v) is 10.7. The molecular weight excluding hydrogens is 483 g/mol. The van der Waals surface area contributed by atoms with Crippen molar-refractivity contribution in [2.75, 3.05) is 53.6 Å². The Morgan fingerprint density at radius 2 is 2.10 bits per heavy atom. The number of nitrogens with zero attached hydrogens (tertiary/aromatic N) is 5. The molecule has 8 nitrogen and oxygen atoms in total. The number of methoxy groups -OCH3 is 1. The Bertz CT molecular complexity index is 624. The maximum absolute atomic E-state index is 5.69. The molecular formula is C20H37IN6O2. The van der Waals surface area contributed by atoms with Crippen molar-refractivity contribution in [1.29, 1.82) is 0 Å². The largest absolute Gasteiger partial charge is 0.382 e. The highest BCUT2D eigenvalue weighted by Crippen LogP contribution is 2.17. The van der Waals surface area contributed by atoms with E-state index in [4.69, 9.17) is 9.47 Å². The van der Waals surface area contributed by atoms with E-state index in [1.807, 2.05) is 7.05 Å². The van der Waals surface area contributed by atoms with Gasteiger partial charge in [-0.05, 0) is 25.7 Å². The molecule has 0 aromatic carbocycles. The third-order valence-corrected chi connectivity index (χ3v) is 5.63. The van der Waals surface area contributed by atoms with Crippen LogP contribution in [0.2, 0.25) is 0 Å². The molecule has 9 heteroatoms. The first-order valence-electron chi connectivity index (χ1n) is 10.7. The van der Waals surface area contributed by atoms with Crippen molar-refractivity contribution in [1.82, 2.24) is 25.0 Å². The van der Waals surface area contributed by atoms with E-state index in [0.29, 0.717) is 19.1 Å². The monoisotopic (exact) mass is 520 g/mol. The van der Waals surface area contributed by atoms with Crippen molar-refractivity contribution in [2.45, 2.75) is 51.5 Å². The summed E-state index contributed by atoms with van der Waals surface area (Å²) in [4.78, 5) is 6.81. The van der Waals surface area contributed by atoms with Crippen LogP contribution in [0.25, 0.3) is 0 Å². The average Bonchev–Trinajstić information content (AvgIpc) is 3.26. The molecule has 1 atom stereocenters. The van der Waals surface area contributed by atoms with Gasteiger partial charge < -0.3 is 24.3 Å². The second kappa shape index (κ2) is 13.4. The fourth-order valence-corrected chi connectivity index (χ4v) is 4.06. The fraction of sp³-hybridized carbons (Fsp3) is 0.850. The van der Waals surface area contributed by atoms with Crippen LogP contribution >= 0.6 is 24.0 Å². The third-order valence-electron chi connectivity index (χ3n) is 5.63. The van der Waals surface area contributed by atoms with Gasteiger partial charge in [-0.2, -0.15) is 0 Å². The van der Waals surface area contributed by atoms with E-state index in [1.54, 1.807) is 7.11 Å². The number of aryl methyl sites for hydroxylation is 2. The molecule has 1 unspecified atom stereocenters. The van der Waals surface area contributed by atoms with Crippen molar-refractivity contribution in [2.24, 2.45) is 10.9 Å². The molecule has 1 aromatic rings. The Hall–Kier alpha value is -0.940. The predicted octanol–water partition coefficient (Wildman–Crippen LogP) is 2.12. The zero-order valence-electron chi connectivity index (χ0n) is 17.9. The molecule has 1 fully saturated rings. The number of hydrogen-bond acceptors (Lipinski definition) is 5. The number of likely N-dealkylation sites (tertiary alicyclic amines) is 1. The van der Waals surface area contributed by atoms with Crippen molar-refractivity contribution < 1.29 is 9.47 Å². The van der Waals surface area contributed by atoms with E-state index in [-0.39, 0.29) is 24.0 Å². The molecule has 3 rings (SSSR count). The van der Waals surface area contributed by atoms with Gasteiger partial charge in [-0.25, -0.2) is 0 Å². The Kier molecular flexibility index (Phi) is 11.2. The van der Waals surface area contributed by atoms with E-state index < -0.39 is 0 Å². The molecule has 0 bridgehead atoms. The number of halogens is 1. The second-order valence-electron chi connectivity index (χ2n) is 7.74. The van der Waals surface area contributed by atoms with Crippen LogP contribution in [0, 0.1) is 5.92 Å². The molecule has 0 saturated carbocycles. The molecule has 0 amide bonds. The summed E-state index contributed by atoms with van der Waals surface area (Å²) in [5.41, 5.74) is 0. The average molecular weight is 520 g/mol. The summed E-state index contributed by atoms with van der Waals surface area (Å²) in [6, 6.07) is 0. The highest BCUT2D eigenvalue weighted by atomic mass is 127. The molecule has 0 aliphatic carbocycles. The van der Waals surface area contributed by atoms with Crippen molar-refractivity contribution in [3.05, 3.63) is 11.6 Å². The van der Waals surface area contributed by atoms with Gasteiger partial charge in [0, 0.05) is 59.1 Å². The summed E-state index contributed by atoms with van der Waals surface area (Å²) in [5, 5.41) is 12.3. The predicted molar refractivity (Wildman–Crippen MR) is 125 cm³/mol. The highest BCUT2D eigenvalue weighted by molar-refractivity contribution is 14.0. The number of nitrogens with one attached hydrogen (secondary N) is 1. The summed E-state index contributed by atoms with van der Waals surface area (Å²) in [6.07, 6.45) is 8.01. The summed E-state index contributed by atoms with van der Waals surface area (Å²) in [7, 11) is 3.57. The van der Waals surface area contributed by atoms with Gasteiger partial charge in [0.25, 0.3) is 0 Å². The molecule has 2 aliphatic rings. The summed E-state index contributed by atoms with van der Waals surface area (Å²) in [6.45, 7) is 6.16. The molecule has 1 saturated heterocycles. The standard InChI is InChI=1S/C20H36N6O2.HI/c1-21-20(25-12-9-17(15-25)16-28-14-13-27-2)22-10-6-8-19-24-23-18-7-4-3-5-11-26(18)19;/h17H,3-16H2,1-2H3,(H,21,22);1H. The van der Waals surface area contributed by atoms with Crippen LogP contribution in [0.5, 0.6) is 0 Å². The molecule has 166 valence electrons. The van der Waals surface area contributed by atoms with Gasteiger partial charge in [0.1, 0.15) is 11.6 Å². The third kappa shape index (κ3) is 7.36. The zero-order chi connectivity index (χ0) is 19.6. The van der Waals surface area contributed by atoms with Gasteiger partial charge in [-0.3, -0.25) is 4.99 Å². The highest BCUT2D eigenvalue weighted by Gasteiger charge is 2.24. The SMILES string of the molecule is CN=C(NCCCc1nnc2n1CCCCC2)N1CCC(COCCOC)C1.I. The minimum Gasteiger partial charge on any atom is -0.382 e. The van der Waals surface area contributed by atoms with E-state index in [1.165, 1.54) is 25.1 Å². The van der Waals surface area contributed by atoms with E-state index >= 15 is 0 Å². The van der Waals surface area contributed by atoms with Gasteiger partial charge in [-0.15, -0.1) is 34.2 Å². The molecule has 0 radical (unpaired) electrons. The van der Waals surface area contributed by atoms with Crippen LogP contribution in [0.3, 0.4) is 0 Å². The molecule has 3 heterocycles. The van der Waals surface area contributed by atoms with Gasteiger partial charge in [0.15, 0.2) is 5.96 Å². The van der Waals surface area contributed by atoms with Gasteiger partial charge in [0.2, 0.25) is 0 Å². The normalized spacial score (nSPS) is 19.6. The van der Waals surface area contributed by atoms with Gasteiger partial charge in [0.05, 0.1) is 19.8 Å². The number of rotatable bonds is 9. The van der Waals surface area contributed by atoms with Gasteiger partial charge in [-0.1, -0.05) is 6.42 Å². The maximum atomic E-state index is 5.69. The number of aliphatic imine (C=N–C) groups is 1. The van der Waals surface area contributed by atoms with Crippen LogP contribution in [0.4, 0.5) is 0 Å². The quantitative estimate of drug-likeness (QED) is 0.233. The van der Waals surface area contributed by atoms with Crippen LogP contribution in [-0.2, 0) is 28.9 Å². The second-order valence-corrected chi connectivity index (χ2v) is 7.74. The molecule has 29 heavy (non-hydrogen) atoms. The number of ether oxygens (including phenoxy) is 2. The minimum absolute atomic E-state index is 0. The Labute approximate surface area is 191 Å². The molecule has 2 aliphatic heterocycles. The van der Waals surface area contributed by atoms with Crippen molar-refractivity contribution >= 4 is 29.9 Å². The molecule has 1 aromatic heterocycles. The summed E-state index contributed by atoms with van der Waals surface area (Å²) in [5.74, 6) is 3.89. The van der Waals surface area contributed by atoms with E-state index in [2.05, 4.69) is 30.0 Å². The Morgan fingerprint density at radius 1 is 1.21 bits per heavy atom. The zero-order valence-corrected chi connectivity index (χ0v) is 20.3. The number of aromatic nitrogens is 3. The smallest absolute Gasteiger partial charge is 0.193 e. The molecule has 1 N–H and O–H groups in total. The lowest BCUT2D eigenvalue weighted by Gasteiger charge is -2.21.